The van der Waals surface area contributed by atoms with Gasteiger partial charge in [0.1, 0.15) is 0 Å². The Hall–Kier alpha value is -2.30. The van der Waals surface area contributed by atoms with Crippen molar-refractivity contribution in [3.63, 3.8) is 0 Å². The van der Waals surface area contributed by atoms with E-state index in [9.17, 15) is 4.79 Å². The van der Waals surface area contributed by atoms with Crippen LogP contribution in [0.15, 0.2) is 30.5 Å². The van der Waals surface area contributed by atoms with E-state index in [1.807, 2.05) is 0 Å². The molecule has 2 N–H and O–H groups in total. The second-order valence-electron chi connectivity index (χ2n) is 8.18. The third kappa shape index (κ3) is 4.18. The molecule has 1 atom stereocenters. The third-order valence-corrected chi connectivity index (χ3v) is 6.16. The Balaban J connectivity index is 1.31. The van der Waals surface area contributed by atoms with E-state index in [-0.39, 0.29) is 5.91 Å². The van der Waals surface area contributed by atoms with Crippen molar-refractivity contribution in [3.05, 3.63) is 47.3 Å². The molecular weight excluding hydrogens is 336 g/mol. The van der Waals surface area contributed by atoms with Crippen LogP contribution in [0.25, 0.3) is 0 Å². The SMILES string of the molecule is Cc1ccc(N2CC[C@@H](CNC(=O)c3cn[nH]c3C3CCCCC3)C2)cc1. The fraction of sp³-hybridized carbons (Fsp3) is 0.545. The first-order valence-corrected chi connectivity index (χ1v) is 10.3. The molecule has 5 heteroatoms. The quantitative estimate of drug-likeness (QED) is 0.840. The van der Waals surface area contributed by atoms with Crippen molar-refractivity contribution in [1.82, 2.24) is 15.5 Å². The molecule has 27 heavy (non-hydrogen) atoms. The van der Waals surface area contributed by atoms with Crippen LogP contribution in [0.3, 0.4) is 0 Å². The van der Waals surface area contributed by atoms with Crippen LogP contribution < -0.4 is 10.2 Å². The number of anilines is 1. The number of H-pyrrole nitrogens is 1. The molecule has 1 aliphatic heterocycles. The molecule has 2 fully saturated rings. The van der Waals surface area contributed by atoms with Gasteiger partial charge in [0, 0.05) is 31.2 Å². The number of aromatic amines is 1. The van der Waals surface area contributed by atoms with Crippen LogP contribution in [-0.2, 0) is 0 Å². The predicted molar refractivity (Wildman–Crippen MR) is 108 cm³/mol. The molecule has 0 unspecified atom stereocenters. The van der Waals surface area contributed by atoms with Crippen LogP contribution in [0.1, 0.15) is 66.1 Å². The van der Waals surface area contributed by atoms with Gasteiger partial charge in [0.2, 0.25) is 0 Å². The maximum absolute atomic E-state index is 12.7. The molecule has 0 spiro atoms. The molecule has 1 aromatic heterocycles. The van der Waals surface area contributed by atoms with Crippen LogP contribution in [0, 0.1) is 12.8 Å². The highest BCUT2D eigenvalue weighted by Gasteiger charge is 2.26. The van der Waals surface area contributed by atoms with Gasteiger partial charge in [-0.15, -0.1) is 0 Å². The first-order chi connectivity index (χ1) is 13.2. The molecule has 4 rings (SSSR count). The largest absolute Gasteiger partial charge is 0.371 e. The third-order valence-electron chi connectivity index (χ3n) is 6.16. The molecule has 5 nitrogen and oxygen atoms in total. The topological polar surface area (TPSA) is 61.0 Å². The summed E-state index contributed by atoms with van der Waals surface area (Å²) in [7, 11) is 0. The minimum Gasteiger partial charge on any atom is -0.371 e. The average molecular weight is 367 g/mol. The second-order valence-corrected chi connectivity index (χ2v) is 8.18. The Morgan fingerprint density at radius 2 is 1.96 bits per heavy atom. The molecule has 1 aromatic carbocycles. The summed E-state index contributed by atoms with van der Waals surface area (Å²) in [6, 6.07) is 8.71. The van der Waals surface area contributed by atoms with Crippen LogP contribution in [0.5, 0.6) is 0 Å². The van der Waals surface area contributed by atoms with E-state index >= 15 is 0 Å². The maximum atomic E-state index is 12.7. The number of hydrogen-bond acceptors (Lipinski definition) is 3. The minimum absolute atomic E-state index is 0.0260. The fourth-order valence-electron chi connectivity index (χ4n) is 4.50. The molecule has 1 saturated heterocycles. The standard InChI is InChI=1S/C22H30N4O/c1-16-7-9-19(10-8-16)26-12-11-17(15-26)13-23-22(27)20-14-24-25-21(20)18-5-3-2-4-6-18/h7-10,14,17-18H,2-6,11-13,15H2,1H3,(H,23,27)(H,24,25)/t17-/m0/s1. The van der Waals surface area contributed by atoms with E-state index in [1.165, 1.54) is 30.5 Å². The number of nitrogens with one attached hydrogen (secondary N) is 2. The predicted octanol–water partition coefficient (Wildman–Crippen LogP) is 4.02. The summed E-state index contributed by atoms with van der Waals surface area (Å²) in [6.07, 6.45) is 8.96. The highest BCUT2D eigenvalue weighted by molar-refractivity contribution is 5.95. The number of nitrogens with zero attached hydrogens (tertiary/aromatic N) is 2. The summed E-state index contributed by atoms with van der Waals surface area (Å²) in [5.74, 6) is 0.990. The summed E-state index contributed by atoms with van der Waals surface area (Å²) >= 11 is 0. The van der Waals surface area contributed by atoms with Crippen LogP contribution >= 0.6 is 0 Å². The minimum atomic E-state index is 0.0260. The van der Waals surface area contributed by atoms with Crippen molar-refractivity contribution >= 4 is 11.6 Å². The summed E-state index contributed by atoms with van der Waals surface area (Å²) in [4.78, 5) is 15.1. The molecule has 0 bridgehead atoms. The monoisotopic (exact) mass is 366 g/mol. The Labute approximate surface area is 161 Å². The highest BCUT2D eigenvalue weighted by Crippen LogP contribution is 2.33. The number of hydrogen-bond donors (Lipinski definition) is 2. The fourth-order valence-corrected chi connectivity index (χ4v) is 4.50. The lowest BCUT2D eigenvalue weighted by Crippen LogP contribution is -2.31. The van der Waals surface area contributed by atoms with Crippen LogP contribution in [0.4, 0.5) is 5.69 Å². The highest BCUT2D eigenvalue weighted by atomic mass is 16.1. The zero-order chi connectivity index (χ0) is 18.6. The molecule has 1 saturated carbocycles. The van der Waals surface area contributed by atoms with Gasteiger partial charge in [-0.1, -0.05) is 37.0 Å². The summed E-state index contributed by atoms with van der Waals surface area (Å²) in [6.45, 7) is 4.91. The van der Waals surface area contributed by atoms with Gasteiger partial charge in [-0.2, -0.15) is 5.10 Å². The number of rotatable bonds is 5. The normalized spacial score (nSPS) is 20.8. The molecule has 144 valence electrons. The molecule has 1 aliphatic carbocycles. The van der Waals surface area contributed by atoms with Crippen molar-refractivity contribution in [2.24, 2.45) is 5.92 Å². The van der Waals surface area contributed by atoms with Crippen LogP contribution in [0.2, 0.25) is 0 Å². The van der Waals surface area contributed by atoms with Crippen molar-refractivity contribution in [1.29, 1.82) is 0 Å². The Bertz CT molecular complexity index is 761. The van der Waals surface area contributed by atoms with E-state index in [2.05, 4.69) is 51.6 Å². The summed E-state index contributed by atoms with van der Waals surface area (Å²) < 4.78 is 0. The van der Waals surface area contributed by atoms with Gasteiger partial charge in [0.15, 0.2) is 0 Å². The van der Waals surface area contributed by atoms with Gasteiger partial charge >= 0.3 is 0 Å². The lowest BCUT2D eigenvalue weighted by molar-refractivity contribution is 0.0946. The Morgan fingerprint density at radius 3 is 2.74 bits per heavy atom. The van der Waals surface area contributed by atoms with Gasteiger partial charge in [-0.3, -0.25) is 9.89 Å². The molecule has 1 amide bonds. The smallest absolute Gasteiger partial charge is 0.254 e. The van der Waals surface area contributed by atoms with E-state index in [4.69, 9.17) is 0 Å². The van der Waals surface area contributed by atoms with Gasteiger partial charge in [-0.05, 0) is 44.2 Å². The van der Waals surface area contributed by atoms with Crippen molar-refractivity contribution in [3.8, 4) is 0 Å². The first kappa shape index (κ1) is 18.1. The number of carbonyl (C=O) groups is 1. The van der Waals surface area contributed by atoms with Gasteiger partial charge in [0.25, 0.3) is 5.91 Å². The van der Waals surface area contributed by atoms with E-state index in [1.54, 1.807) is 6.20 Å². The van der Waals surface area contributed by atoms with E-state index < -0.39 is 0 Å². The molecule has 2 aromatic rings. The van der Waals surface area contributed by atoms with Gasteiger partial charge in [0.05, 0.1) is 17.5 Å². The Morgan fingerprint density at radius 1 is 1.19 bits per heavy atom. The van der Waals surface area contributed by atoms with E-state index in [0.717, 1.165) is 50.2 Å². The van der Waals surface area contributed by atoms with Crippen LogP contribution in [-0.4, -0.2) is 35.7 Å². The summed E-state index contributed by atoms with van der Waals surface area (Å²) in [5, 5.41) is 10.4. The number of aromatic nitrogens is 2. The lowest BCUT2D eigenvalue weighted by Gasteiger charge is -2.21. The molecule has 0 radical (unpaired) electrons. The Kier molecular flexibility index (Phi) is 5.46. The maximum Gasteiger partial charge on any atom is 0.254 e. The molecule has 2 heterocycles. The van der Waals surface area contributed by atoms with Crippen molar-refractivity contribution in [2.75, 3.05) is 24.5 Å². The zero-order valence-electron chi connectivity index (χ0n) is 16.2. The second kappa shape index (κ2) is 8.15. The lowest BCUT2D eigenvalue weighted by atomic mass is 9.85. The number of aryl methyl sites for hydroxylation is 1. The number of carbonyl (C=O) groups excluding carboxylic acids is 1. The zero-order valence-corrected chi connectivity index (χ0v) is 16.2. The molecule has 2 aliphatic rings. The van der Waals surface area contributed by atoms with Gasteiger partial charge in [-0.25, -0.2) is 0 Å². The number of benzene rings is 1. The summed E-state index contributed by atoms with van der Waals surface area (Å²) in [5.41, 5.74) is 4.36. The van der Waals surface area contributed by atoms with Gasteiger partial charge < -0.3 is 10.2 Å². The average Bonchev–Trinajstić information content (AvgIpc) is 3.37. The van der Waals surface area contributed by atoms with Crippen molar-refractivity contribution < 1.29 is 4.79 Å². The molecular formula is C22H30N4O. The first-order valence-electron chi connectivity index (χ1n) is 10.3. The van der Waals surface area contributed by atoms with E-state index in [0.29, 0.717) is 11.8 Å². The van der Waals surface area contributed by atoms with Crippen molar-refractivity contribution in [2.45, 2.75) is 51.4 Å². The number of amides is 1.